The first-order valence-corrected chi connectivity index (χ1v) is 9.00. The molecule has 2 N–H and O–H groups in total. The van der Waals surface area contributed by atoms with E-state index in [9.17, 15) is 13.2 Å². The summed E-state index contributed by atoms with van der Waals surface area (Å²) in [5.74, 6) is 0.310. The molecule has 0 saturated heterocycles. The first-order valence-electron chi connectivity index (χ1n) is 7.52. The minimum Gasteiger partial charge on any atom is -0.352 e. The number of benzene rings is 1. The van der Waals surface area contributed by atoms with Crippen molar-refractivity contribution in [3.63, 3.8) is 0 Å². The van der Waals surface area contributed by atoms with E-state index in [1.807, 2.05) is 27.7 Å². The number of sulfonamides is 1. The van der Waals surface area contributed by atoms with Crippen LogP contribution in [0, 0.1) is 18.8 Å². The molecule has 0 fully saturated rings. The second kappa shape index (κ2) is 7.74. The lowest BCUT2D eigenvalue weighted by molar-refractivity contribution is 0.0948. The van der Waals surface area contributed by atoms with Crippen molar-refractivity contribution in [2.75, 3.05) is 13.1 Å². The van der Waals surface area contributed by atoms with E-state index in [4.69, 9.17) is 0 Å². The Morgan fingerprint density at radius 2 is 1.68 bits per heavy atom. The Labute approximate surface area is 133 Å². The van der Waals surface area contributed by atoms with Gasteiger partial charge in [-0.15, -0.1) is 0 Å². The van der Waals surface area contributed by atoms with Crippen LogP contribution in [0.15, 0.2) is 23.1 Å². The molecule has 1 aromatic rings. The lowest BCUT2D eigenvalue weighted by Gasteiger charge is -2.13. The van der Waals surface area contributed by atoms with Gasteiger partial charge in [-0.25, -0.2) is 13.1 Å². The lowest BCUT2D eigenvalue weighted by Crippen LogP contribution is -2.29. The fraction of sp³-hybridized carbons (Fsp3) is 0.562. The largest absolute Gasteiger partial charge is 0.352 e. The molecule has 0 saturated carbocycles. The number of nitrogens with one attached hydrogen (secondary N) is 2. The van der Waals surface area contributed by atoms with Crippen molar-refractivity contribution in [2.45, 2.75) is 39.5 Å². The molecular formula is C16H26N2O3S. The fourth-order valence-corrected chi connectivity index (χ4v) is 3.00. The van der Waals surface area contributed by atoms with Gasteiger partial charge in [-0.2, -0.15) is 0 Å². The zero-order valence-electron chi connectivity index (χ0n) is 13.9. The molecule has 5 nitrogen and oxygen atoms in total. The zero-order valence-corrected chi connectivity index (χ0v) is 14.8. The summed E-state index contributed by atoms with van der Waals surface area (Å²) in [7, 11) is -3.59. The Balaban J connectivity index is 3.01. The highest BCUT2D eigenvalue weighted by atomic mass is 32.2. The minimum absolute atomic E-state index is 0.119. The smallest absolute Gasteiger partial charge is 0.251 e. The molecule has 1 aromatic carbocycles. The van der Waals surface area contributed by atoms with E-state index in [1.54, 1.807) is 13.0 Å². The summed E-state index contributed by atoms with van der Waals surface area (Å²) in [5.41, 5.74) is 1.15. The van der Waals surface area contributed by atoms with Crippen molar-refractivity contribution in [3.8, 4) is 0 Å². The predicted octanol–water partition coefficient (Wildman–Crippen LogP) is 2.32. The SMILES string of the molecule is Cc1ccc(S(=O)(=O)NCC(C)C)cc1C(=O)NCC(C)C. The average molecular weight is 326 g/mol. The van der Waals surface area contributed by atoms with Crippen LogP contribution < -0.4 is 10.0 Å². The monoisotopic (exact) mass is 326 g/mol. The van der Waals surface area contributed by atoms with Gasteiger partial charge in [0, 0.05) is 18.7 Å². The number of amides is 1. The highest BCUT2D eigenvalue weighted by Gasteiger charge is 2.18. The van der Waals surface area contributed by atoms with E-state index in [0.29, 0.717) is 24.6 Å². The lowest BCUT2D eigenvalue weighted by atomic mass is 10.1. The van der Waals surface area contributed by atoms with Crippen molar-refractivity contribution in [3.05, 3.63) is 29.3 Å². The molecule has 22 heavy (non-hydrogen) atoms. The van der Waals surface area contributed by atoms with Gasteiger partial charge in [0.15, 0.2) is 0 Å². The second-order valence-corrected chi connectivity index (χ2v) is 8.09. The van der Waals surface area contributed by atoms with Crippen molar-refractivity contribution in [1.29, 1.82) is 0 Å². The number of aryl methyl sites for hydroxylation is 1. The molecule has 0 heterocycles. The van der Waals surface area contributed by atoms with Crippen LogP contribution in [0.2, 0.25) is 0 Å². The van der Waals surface area contributed by atoms with Crippen molar-refractivity contribution in [2.24, 2.45) is 11.8 Å². The Morgan fingerprint density at radius 1 is 1.09 bits per heavy atom. The van der Waals surface area contributed by atoms with E-state index < -0.39 is 10.0 Å². The number of hydrogen-bond donors (Lipinski definition) is 2. The molecule has 0 aromatic heterocycles. The van der Waals surface area contributed by atoms with Gasteiger partial charge < -0.3 is 5.32 Å². The van der Waals surface area contributed by atoms with Crippen LogP contribution in [0.25, 0.3) is 0 Å². The fourth-order valence-electron chi connectivity index (χ4n) is 1.76. The van der Waals surface area contributed by atoms with Gasteiger partial charge in [0.1, 0.15) is 0 Å². The zero-order chi connectivity index (χ0) is 16.9. The standard InChI is InChI=1S/C16H26N2O3S/c1-11(2)9-17-16(19)15-8-14(7-6-13(15)5)22(20,21)18-10-12(3)4/h6-8,11-12,18H,9-10H2,1-5H3,(H,17,19). The summed E-state index contributed by atoms with van der Waals surface area (Å²) >= 11 is 0. The summed E-state index contributed by atoms with van der Waals surface area (Å²) in [6, 6.07) is 4.62. The molecule has 1 rings (SSSR count). The summed E-state index contributed by atoms with van der Waals surface area (Å²) in [6.45, 7) is 10.6. The Hall–Kier alpha value is -1.40. The molecule has 0 aliphatic rings. The average Bonchev–Trinajstić information content (AvgIpc) is 2.43. The molecule has 0 atom stereocenters. The van der Waals surface area contributed by atoms with Gasteiger partial charge >= 0.3 is 0 Å². The summed E-state index contributed by atoms with van der Waals surface area (Å²) < 4.78 is 27.0. The van der Waals surface area contributed by atoms with Crippen LogP contribution in [0.5, 0.6) is 0 Å². The second-order valence-electron chi connectivity index (χ2n) is 6.33. The highest BCUT2D eigenvalue weighted by Crippen LogP contribution is 2.16. The number of carbonyl (C=O) groups is 1. The minimum atomic E-state index is -3.59. The maximum absolute atomic E-state index is 12.2. The first-order chi connectivity index (χ1) is 10.1. The van der Waals surface area contributed by atoms with Crippen LogP contribution in [0.1, 0.15) is 43.6 Å². The maximum Gasteiger partial charge on any atom is 0.251 e. The third-order valence-corrected chi connectivity index (χ3v) is 4.54. The maximum atomic E-state index is 12.2. The van der Waals surface area contributed by atoms with Crippen LogP contribution in [-0.2, 0) is 10.0 Å². The molecule has 0 spiro atoms. The molecule has 0 radical (unpaired) electrons. The van der Waals surface area contributed by atoms with E-state index in [-0.39, 0.29) is 16.7 Å². The van der Waals surface area contributed by atoms with Crippen molar-refractivity contribution in [1.82, 2.24) is 10.0 Å². The Kier molecular flexibility index (Phi) is 6.56. The van der Waals surface area contributed by atoms with Gasteiger partial charge in [-0.1, -0.05) is 33.8 Å². The van der Waals surface area contributed by atoms with E-state index >= 15 is 0 Å². The molecular weight excluding hydrogens is 300 g/mol. The highest BCUT2D eigenvalue weighted by molar-refractivity contribution is 7.89. The number of rotatable bonds is 7. The molecule has 0 aliphatic heterocycles. The number of carbonyl (C=O) groups excluding carboxylic acids is 1. The predicted molar refractivity (Wildman–Crippen MR) is 88.4 cm³/mol. The molecule has 0 bridgehead atoms. The van der Waals surface area contributed by atoms with Crippen LogP contribution in [0.3, 0.4) is 0 Å². The van der Waals surface area contributed by atoms with Crippen LogP contribution in [0.4, 0.5) is 0 Å². The van der Waals surface area contributed by atoms with Crippen LogP contribution in [-0.4, -0.2) is 27.4 Å². The Bertz CT molecular complexity index is 622. The van der Waals surface area contributed by atoms with Gasteiger partial charge in [0.05, 0.1) is 4.90 Å². The Morgan fingerprint density at radius 3 is 2.23 bits per heavy atom. The topological polar surface area (TPSA) is 75.3 Å². The van der Waals surface area contributed by atoms with E-state index in [2.05, 4.69) is 10.0 Å². The van der Waals surface area contributed by atoms with Crippen molar-refractivity contribution < 1.29 is 13.2 Å². The molecule has 124 valence electrons. The normalized spacial score (nSPS) is 12.0. The summed E-state index contributed by atoms with van der Waals surface area (Å²) in [6.07, 6.45) is 0. The molecule has 1 amide bonds. The van der Waals surface area contributed by atoms with Gasteiger partial charge in [0.2, 0.25) is 10.0 Å². The third-order valence-electron chi connectivity index (χ3n) is 3.12. The molecule has 0 unspecified atom stereocenters. The van der Waals surface area contributed by atoms with Crippen LogP contribution >= 0.6 is 0 Å². The molecule has 6 heteroatoms. The van der Waals surface area contributed by atoms with E-state index in [0.717, 1.165) is 5.56 Å². The third kappa shape index (κ3) is 5.42. The number of hydrogen-bond acceptors (Lipinski definition) is 3. The first kappa shape index (κ1) is 18.6. The summed E-state index contributed by atoms with van der Waals surface area (Å²) in [5, 5.41) is 2.81. The summed E-state index contributed by atoms with van der Waals surface area (Å²) in [4.78, 5) is 12.3. The van der Waals surface area contributed by atoms with E-state index in [1.165, 1.54) is 12.1 Å². The van der Waals surface area contributed by atoms with Crippen molar-refractivity contribution >= 4 is 15.9 Å². The quantitative estimate of drug-likeness (QED) is 0.807. The van der Waals surface area contributed by atoms with Gasteiger partial charge in [-0.05, 0) is 36.5 Å². The van der Waals surface area contributed by atoms with Gasteiger partial charge in [0.25, 0.3) is 5.91 Å². The van der Waals surface area contributed by atoms with Gasteiger partial charge in [-0.3, -0.25) is 4.79 Å². The molecule has 0 aliphatic carbocycles.